The van der Waals surface area contributed by atoms with E-state index in [9.17, 15) is 26.4 Å². The summed E-state index contributed by atoms with van der Waals surface area (Å²) in [6.45, 7) is 0.0919. The minimum Gasteiger partial charge on any atom is -0.331 e. The summed E-state index contributed by atoms with van der Waals surface area (Å²) in [4.78, 5) is 14.2. The van der Waals surface area contributed by atoms with E-state index in [4.69, 9.17) is 0 Å². The number of rotatable bonds is 3. The number of nitrogens with zero attached hydrogens (tertiary/aromatic N) is 4. The van der Waals surface area contributed by atoms with E-state index in [2.05, 4.69) is 14.8 Å². The lowest BCUT2D eigenvalue weighted by molar-refractivity contribution is -0.137. The summed E-state index contributed by atoms with van der Waals surface area (Å²) >= 11 is 0. The summed E-state index contributed by atoms with van der Waals surface area (Å²) in [6, 6.07) is 4.93. The number of halogens is 3. The average molecular weight is 437 g/mol. The van der Waals surface area contributed by atoms with E-state index in [0.717, 1.165) is 12.1 Å². The molecule has 1 amide bonds. The molecular formula is C18H14F3N5O3S. The van der Waals surface area contributed by atoms with Gasteiger partial charge in [0.15, 0.2) is 5.84 Å². The Labute approximate surface area is 169 Å². The molecule has 2 aliphatic heterocycles. The van der Waals surface area contributed by atoms with E-state index >= 15 is 0 Å². The number of sulfonamides is 1. The van der Waals surface area contributed by atoms with Crippen LogP contribution in [0.25, 0.3) is 5.69 Å². The van der Waals surface area contributed by atoms with E-state index in [1.54, 1.807) is 12.3 Å². The number of anilines is 1. The maximum atomic E-state index is 13.6. The quantitative estimate of drug-likeness (QED) is 0.795. The highest BCUT2D eigenvalue weighted by Gasteiger charge is 2.36. The second-order valence-corrected chi connectivity index (χ2v) is 8.20. The standard InChI is InChI=1S/C18H14F3N5O3S/c19-18(20,21)14-11-12(26-8-2-6-22-26)4-5-15(14)23-17(27)13-3-1-7-25-9-10-30(28,29)24-16(13)25/h1-8,11H,9-10H2,(H,23,27). The van der Waals surface area contributed by atoms with Crippen LogP contribution in [0.5, 0.6) is 0 Å². The first kappa shape index (κ1) is 19.9. The molecule has 0 unspecified atom stereocenters. The van der Waals surface area contributed by atoms with Gasteiger partial charge in [-0.25, -0.2) is 13.1 Å². The van der Waals surface area contributed by atoms with Crippen LogP contribution in [0.1, 0.15) is 5.56 Å². The van der Waals surface area contributed by atoms with Gasteiger partial charge < -0.3 is 10.2 Å². The Balaban J connectivity index is 1.69. The summed E-state index contributed by atoms with van der Waals surface area (Å²) in [6.07, 6.45) is 2.52. The maximum absolute atomic E-state index is 13.6. The number of benzene rings is 1. The van der Waals surface area contributed by atoms with E-state index in [-0.39, 0.29) is 29.4 Å². The van der Waals surface area contributed by atoms with Gasteiger partial charge in [-0.05, 0) is 36.4 Å². The first-order valence-corrected chi connectivity index (χ1v) is 10.3. The van der Waals surface area contributed by atoms with Gasteiger partial charge in [0.25, 0.3) is 15.9 Å². The number of hydrogen-bond acceptors (Lipinski definition) is 5. The number of hydrogen-bond donors (Lipinski definition) is 1. The van der Waals surface area contributed by atoms with Crippen molar-refractivity contribution in [3.05, 3.63) is 66.1 Å². The molecule has 2 aliphatic rings. The third-order valence-corrected chi connectivity index (χ3v) is 5.58. The zero-order chi connectivity index (χ0) is 21.5. The second kappa shape index (κ2) is 7.13. The molecule has 1 N–H and O–H groups in total. The van der Waals surface area contributed by atoms with E-state index in [1.165, 1.54) is 40.2 Å². The van der Waals surface area contributed by atoms with Crippen LogP contribution in [-0.4, -0.2) is 47.1 Å². The van der Waals surface area contributed by atoms with Gasteiger partial charge >= 0.3 is 6.18 Å². The Kier molecular flexibility index (Phi) is 4.73. The van der Waals surface area contributed by atoms with Crippen LogP contribution in [0.2, 0.25) is 0 Å². The molecule has 0 spiro atoms. The Morgan fingerprint density at radius 3 is 2.73 bits per heavy atom. The van der Waals surface area contributed by atoms with Gasteiger partial charge in [-0.15, -0.1) is 4.40 Å². The van der Waals surface area contributed by atoms with E-state index in [1.807, 2.05) is 0 Å². The summed E-state index contributed by atoms with van der Waals surface area (Å²) in [5.41, 5.74) is -1.51. The van der Waals surface area contributed by atoms with Crippen LogP contribution in [0.3, 0.4) is 0 Å². The number of aromatic nitrogens is 2. The Hall–Kier alpha value is -3.41. The molecule has 8 nitrogen and oxygen atoms in total. The largest absolute Gasteiger partial charge is 0.418 e. The molecule has 0 radical (unpaired) electrons. The first-order chi connectivity index (χ1) is 14.1. The van der Waals surface area contributed by atoms with Crippen LogP contribution in [-0.2, 0) is 21.0 Å². The molecule has 30 heavy (non-hydrogen) atoms. The van der Waals surface area contributed by atoms with Crippen molar-refractivity contribution in [1.82, 2.24) is 14.7 Å². The van der Waals surface area contributed by atoms with E-state index < -0.39 is 33.4 Å². The average Bonchev–Trinajstić information content (AvgIpc) is 3.21. The normalized spacial score (nSPS) is 17.8. The van der Waals surface area contributed by atoms with Gasteiger partial charge in [0, 0.05) is 25.1 Å². The maximum Gasteiger partial charge on any atom is 0.418 e. The molecule has 1 aromatic heterocycles. The zero-order valence-corrected chi connectivity index (χ0v) is 16.0. The van der Waals surface area contributed by atoms with Crippen molar-refractivity contribution in [2.75, 3.05) is 17.6 Å². The summed E-state index contributed by atoms with van der Waals surface area (Å²) in [5, 5.41) is 6.13. The SMILES string of the molecule is O=C(Nc1ccc(-n2cccn2)cc1C(F)(F)F)C1=CC=CN2CCS(=O)(=O)N=C12. The van der Waals surface area contributed by atoms with Crippen molar-refractivity contribution in [3.8, 4) is 5.69 Å². The molecule has 1 aromatic carbocycles. The third-order valence-electron chi connectivity index (χ3n) is 4.43. The Bertz CT molecular complexity index is 1200. The van der Waals surface area contributed by atoms with E-state index in [0.29, 0.717) is 0 Å². The highest BCUT2D eigenvalue weighted by atomic mass is 32.2. The number of nitrogens with one attached hydrogen (secondary N) is 1. The molecular weight excluding hydrogens is 423 g/mol. The van der Waals surface area contributed by atoms with Crippen molar-refractivity contribution in [2.24, 2.45) is 4.40 Å². The van der Waals surface area contributed by atoms with Crippen molar-refractivity contribution < 1.29 is 26.4 Å². The summed E-state index contributed by atoms with van der Waals surface area (Å²) in [7, 11) is -3.75. The minimum atomic E-state index is -4.75. The van der Waals surface area contributed by atoms with Gasteiger partial charge in [-0.3, -0.25) is 4.79 Å². The molecule has 12 heteroatoms. The number of carbonyl (C=O) groups excluding carboxylic acids is 1. The molecule has 0 atom stereocenters. The predicted molar refractivity (Wildman–Crippen MR) is 102 cm³/mol. The summed E-state index contributed by atoms with van der Waals surface area (Å²) in [5.74, 6) is -1.25. The molecule has 4 rings (SSSR count). The number of fused-ring (bicyclic) bond motifs is 1. The predicted octanol–water partition coefficient (Wildman–Crippen LogP) is 2.33. The van der Waals surface area contributed by atoms with Crippen LogP contribution >= 0.6 is 0 Å². The Morgan fingerprint density at radius 2 is 2.03 bits per heavy atom. The van der Waals surface area contributed by atoms with Crippen molar-refractivity contribution in [1.29, 1.82) is 0 Å². The van der Waals surface area contributed by atoms with Crippen LogP contribution < -0.4 is 5.32 Å². The molecule has 0 aliphatic carbocycles. The molecule has 156 valence electrons. The topological polar surface area (TPSA) is 96.7 Å². The number of allylic oxidation sites excluding steroid dienone is 2. The van der Waals surface area contributed by atoms with Gasteiger partial charge in [-0.1, -0.05) is 0 Å². The number of amides is 1. The number of alkyl halides is 3. The lowest BCUT2D eigenvalue weighted by Gasteiger charge is -2.28. The fourth-order valence-corrected chi connectivity index (χ4v) is 4.01. The smallest absolute Gasteiger partial charge is 0.331 e. The second-order valence-electron chi connectivity index (χ2n) is 6.45. The lowest BCUT2D eigenvalue weighted by Crippen LogP contribution is -2.41. The van der Waals surface area contributed by atoms with Gasteiger partial charge in [0.2, 0.25) is 0 Å². The van der Waals surface area contributed by atoms with Gasteiger partial charge in [0.05, 0.1) is 28.3 Å². The monoisotopic (exact) mass is 437 g/mol. The van der Waals surface area contributed by atoms with Crippen molar-refractivity contribution in [2.45, 2.75) is 6.18 Å². The van der Waals surface area contributed by atoms with Gasteiger partial charge in [0.1, 0.15) is 0 Å². The third kappa shape index (κ3) is 3.85. The molecule has 0 fully saturated rings. The molecule has 3 heterocycles. The molecule has 0 saturated heterocycles. The molecule has 0 saturated carbocycles. The number of carbonyl (C=O) groups is 1. The fraction of sp³-hybridized carbons (Fsp3) is 0.167. The van der Waals surface area contributed by atoms with Crippen LogP contribution in [0, 0.1) is 0 Å². The summed E-state index contributed by atoms with van der Waals surface area (Å²) < 4.78 is 69.3. The van der Waals surface area contributed by atoms with Crippen molar-refractivity contribution in [3.63, 3.8) is 0 Å². The fourth-order valence-electron chi connectivity index (χ4n) is 3.02. The molecule has 2 aromatic rings. The Morgan fingerprint density at radius 1 is 1.23 bits per heavy atom. The van der Waals surface area contributed by atoms with Crippen molar-refractivity contribution >= 4 is 27.5 Å². The molecule has 0 bridgehead atoms. The number of amidine groups is 1. The highest BCUT2D eigenvalue weighted by molar-refractivity contribution is 7.90. The van der Waals surface area contributed by atoms with Crippen LogP contribution in [0.4, 0.5) is 18.9 Å². The van der Waals surface area contributed by atoms with Gasteiger partial charge in [-0.2, -0.15) is 18.3 Å². The first-order valence-electron chi connectivity index (χ1n) is 8.65. The lowest BCUT2D eigenvalue weighted by atomic mass is 10.1. The highest BCUT2D eigenvalue weighted by Crippen LogP contribution is 2.36. The van der Waals surface area contributed by atoms with Crippen LogP contribution in [0.15, 0.2) is 65.0 Å². The minimum absolute atomic E-state index is 0.0919. The zero-order valence-electron chi connectivity index (χ0n) is 15.2.